The monoisotopic (exact) mass is 275 g/mol. The largest absolute Gasteiger partial charge is 0.333 e. The maximum atomic E-state index is 12.4. The number of amides is 2. The molecular weight excluding hydrogens is 250 g/mol. The molecular formula is C16H25N3O. The van der Waals surface area contributed by atoms with Crippen molar-refractivity contribution in [3.8, 4) is 0 Å². The Bertz CT molecular complexity index is 491. The summed E-state index contributed by atoms with van der Waals surface area (Å²) in [6, 6.07) is 6.32. The Balaban J connectivity index is 2.22. The molecule has 0 spiro atoms. The van der Waals surface area contributed by atoms with E-state index < -0.39 is 0 Å². The Morgan fingerprint density at radius 2 is 2.15 bits per heavy atom. The van der Waals surface area contributed by atoms with Crippen molar-refractivity contribution in [3.63, 3.8) is 0 Å². The van der Waals surface area contributed by atoms with Gasteiger partial charge in [0.15, 0.2) is 0 Å². The molecule has 4 heteroatoms. The Morgan fingerprint density at radius 1 is 1.40 bits per heavy atom. The third-order valence-electron chi connectivity index (χ3n) is 3.42. The molecule has 1 heterocycles. The molecule has 0 aliphatic carbocycles. The minimum atomic E-state index is -0.214. The highest BCUT2D eigenvalue weighted by Gasteiger charge is 2.25. The predicted octanol–water partition coefficient (Wildman–Crippen LogP) is 2.45. The van der Waals surface area contributed by atoms with Gasteiger partial charge >= 0.3 is 6.03 Å². The van der Waals surface area contributed by atoms with Gasteiger partial charge in [0.25, 0.3) is 0 Å². The number of hydrogen-bond acceptors (Lipinski definition) is 2. The molecule has 2 amide bonds. The molecule has 0 radical (unpaired) electrons. The van der Waals surface area contributed by atoms with Gasteiger partial charge in [0.1, 0.15) is 0 Å². The lowest BCUT2D eigenvalue weighted by atomic mass is 9.98. The predicted molar refractivity (Wildman–Crippen MR) is 83.2 cm³/mol. The summed E-state index contributed by atoms with van der Waals surface area (Å²) in [6.45, 7) is 7.44. The minimum absolute atomic E-state index is 0.00924. The lowest BCUT2D eigenvalue weighted by molar-refractivity contribution is 0.237. The summed E-state index contributed by atoms with van der Waals surface area (Å²) < 4.78 is 0. The maximum absolute atomic E-state index is 12.4. The summed E-state index contributed by atoms with van der Waals surface area (Å²) >= 11 is 0. The van der Waals surface area contributed by atoms with Gasteiger partial charge < -0.3 is 11.1 Å². The van der Waals surface area contributed by atoms with Crippen LogP contribution in [0.3, 0.4) is 0 Å². The first-order valence-corrected chi connectivity index (χ1v) is 7.32. The highest BCUT2D eigenvalue weighted by Crippen LogP contribution is 2.28. The summed E-state index contributed by atoms with van der Waals surface area (Å²) in [5.41, 5.74) is 8.94. The van der Waals surface area contributed by atoms with Crippen LogP contribution in [0.15, 0.2) is 18.2 Å². The van der Waals surface area contributed by atoms with E-state index in [0.29, 0.717) is 6.54 Å². The first-order chi connectivity index (χ1) is 9.40. The number of nitrogens with two attached hydrogens (primary N) is 1. The molecule has 0 bridgehead atoms. The van der Waals surface area contributed by atoms with Crippen molar-refractivity contribution in [1.29, 1.82) is 0 Å². The first-order valence-electron chi connectivity index (χ1n) is 7.32. The molecule has 1 aromatic rings. The Hall–Kier alpha value is -1.55. The average molecular weight is 275 g/mol. The first kappa shape index (κ1) is 14.9. The summed E-state index contributed by atoms with van der Waals surface area (Å²) in [7, 11) is 0. The number of anilines is 1. The Morgan fingerprint density at radius 3 is 2.80 bits per heavy atom. The van der Waals surface area contributed by atoms with Crippen LogP contribution in [0.2, 0.25) is 0 Å². The van der Waals surface area contributed by atoms with E-state index in [9.17, 15) is 4.79 Å². The zero-order chi connectivity index (χ0) is 14.8. The van der Waals surface area contributed by atoms with Crippen LogP contribution in [0.1, 0.15) is 38.3 Å². The van der Waals surface area contributed by atoms with E-state index in [1.807, 2.05) is 25.7 Å². The normalized spacial score (nSPS) is 14.9. The summed E-state index contributed by atoms with van der Waals surface area (Å²) in [5, 5.41) is 3.04. The number of nitrogens with zero attached hydrogens (tertiary/aromatic N) is 1. The minimum Gasteiger partial charge on any atom is -0.333 e. The second-order valence-electron chi connectivity index (χ2n) is 6.44. The summed E-state index contributed by atoms with van der Waals surface area (Å²) in [6.07, 6.45) is 2.94. The van der Waals surface area contributed by atoms with Crippen molar-refractivity contribution in [2.24, 2.45) is 5.73 Å². The molecule has 20 heavy (non-hydrogen) atoms. The summed E-state index contributed by atoms with van der Waals surface area (Å²) in [4.78, 5) is 14.2. The molecule has 3 N–H and O–H groups in total. The topological polar surface area (TPSA) is 58.4 Å². The van der Waals surface area contributed by atoms with Crippen LogP contribution in [0.4, 0.5) is 10.5 Å². The van der Waals surface area contributed by atoms with Crippen LogP contribution >= 0.6 is 0 Å². The molecule has 0 atom stereocenters. The van der Waals surface area contributed by atoms with Gasteiger partial charge in [0, 0.05) is 17.8 Å². The van der Waals surface area contributed by atoms with Crippen molar-refractivity contribution in [1.82, 2.24) is 5.32 Å². The van der Waals surface area contributed by atoms with Crippen LogP contribution in [-0.4, -0.2) is 24.7 Å². The standard InChI is InChI=1S/C16H25N3O/c1-16(2,3)18-15(20)19-10-4-5-13-11-12(8-9-17)6-7-14(13)19/h6-7,11H,4-5,8-10,17H2,1-3H3,(H,18,20). The van der Waals surface area contributed by atoms with Gasteiger partial charge in [-0.3, -0.25) is 4.90 Å². The van der Waals surface area contributed by atoms with E-state index in [1.165, 1.54) is 11.1 Å². The van der Waals surface area contributed by atoms with E-state index >= 15 is 0 Å². The number of carbonyl (C=O) groups is 1. The van der Waals surface area contributed by atoms with Crippen LogP contribution < -0.4 is 16.0 Å². The fraction of sp³-hybridized carbons (Fsp3) is 0.562. The molecule has 0 saturated carbocycles. The van der Waals surface area contributed by atoms with Crippen LogP contribution in [0.5, 0.6) is 0 Å². The lowest BCUT2D eigenvalue weighted by Gasteiger charge is -2.33. The number of carbonyl (C=O) groups excluding carboxylic acids is 1. The highest BCUT2D eigenvalue weighted by molar-refractivity contribution is 5.93. The number of urea groups is 1. The van der Waals surface area contributed by atoms with Gasteiger partial charge in [0.05, 0.1) is 0 Å². The van der Waals surface area contributed by atoms with Crippen molar-refractivity contribution in [3.05, 3.63) is 29.3 Å². The van der Waals surface area contributed by atoms with Gasteiger partial charge in [-0.25, -0.2) is 4.79 Å². The van der Waals surface area contributed by atoms with Crippen molar-refractivity contribution < 1.29 is 4.79 Å². The van der Waals surface area contributed by atoms with Crippen LogP contribution in [-0.2, 0) is 12.8 Å². The number of aryl methyl sites for hydroxylation is 1. The second kappa shape index (κ2) is 5.83. The lowest BCUT2D eigenvalue weighted by Crippen LogP contribution is -2.50. The Labute approximate surface area is 121 Å². The molecule has 110 valence electrons. The van der Waals surface area contributed by atoms with Crippen molar-refractivity contribution >= 4 is 11.7 Å². The molecule has 1 aliphatic rings. The van der Waals surface area contributed by atoms with Gasteiger partial charge in [0.2, 0.25) is 0 Å². The van der Waals surface area contributed by atoms with Gasteiger partial charge in [-0.15, -0.1) is 0 Å². The number of benzene rings is 1. The van der Waals surface area contributed by atoms with Gasteiger partial charge in [-0.05, 0) is 63.8 Å². The smallest absolute Gasteiger partial charge is 0.322 e. The van der Waals surface area contributed by atoms with Gasteiger partial charge in [-0.2, -0.15) is 0 Å². The van der Waals surface area contributed by atoms with E-state index in [0.717, 1.165) is 31.5 Å². The number of nitrogens with one attached hydrogen (secondary N) is 1. The molecule has 1 aliphatic heterocycles. The fourth-order valence-electron chi connectivity index (χ4n) is 2.57. The summed E-state index contributed by atoms with van der Waals surface area (Å²) in [5.74, 6) is 0. The van der Waals surface area contributed by atoms with Crippen molar-refractivity contribution in [2.45, 2.75) is 45.6 Å². The highest BCUT2D eigenvalue weighted by atomic mass is 16.2. The molecule has 0 aromatic heterocycles. The third-order valence-corrected chi connectivity index (χ3v) is 3.42. The second-order valence-corrected chi connectivity index (χ2v) is 6.44. The fourth-order valence-corrected chi connectivity index (χ4v) is 2.57. The van der Waals surface area contributed by atoms with E-state index in [2.05, 4.69) is 23.5 Å². The quantitative estimate of drug-likeness (QED) is 0.871. The SMILES string of the molecule is CC(C)(C)NC(=O)N1CCCc2cc(CCN)ccc21. The molecule has 2 rings (SSSR count). The number of fused-ring (bicyclic) bond motifs is 1. The van der Waals surface area contributed by atoms with E-state index in [-0.39, 0.29) is 11.6 Å². The number of hydrogen-bond donors (Lipinski definition) is 2. The van der Waals surface area contributed by atoms with Crippen LogP contribution in [0.25, 0.3) is 0 Å². The average Bonchev–Trinajstić information content (AvgIpc) is 2.36. The molecule has 1 aromatic carbocycles. The van der Waals surface area contributed by atoms with Gasteiger partial charge in [-0.1, -0.05) is 12.1 Å². The molecule has 0 unspecified atom stereocenters. The van der Waals surface area contributed by atoms with E-state index in [4.69, 9.17) is 5.73 Å². The van der Waals surface area contributed by atoms with E-state index in [1.54, 1.807) is 0 Å². The molecule has 0 fully saturated rings. The zero-order valence-electron chi connectivity index (χ0n) is 12.7. The third kappa shape index (κ3) is 3.51. The van der Waals surface area contributed by atoms with Crippen molar-refractivity contribution in [2.75, 3.05) is 18.0 Å². The molecule has 4 nitrogen and oxygen atoms in total. The molecule has 0 saturated heterocycles. The number of rotatable bonds is 2. The Kier molecular flexibility index (Phi) is 4.33. The van der Waals surface area contributed by atoms with Crippen LogP contribution in [0, 0.1) is 0 Å². The zero-order valence-corrected chi connectivity index (χ0v) is 12.7. The maximum Gasteiger partial charge on any atom is 0.322 e.